The Morgan fingerprint density at radius 2 is 2.26 bits per heavy atom. The molecule has 118 valence electrons. The number of rotatable bonds is 4. The van der Waals surface area contributed by atoms with Gasteiger partial charge in [-0.3, -0.25) is 19.6 Å². The van der Waals surface area contributed by atoms with E-state index in [1.54, 1.807) is 18.2 Å². The summed E-state index contributed by atoms with van der Waals surface area (Å²) < 4.78 is 11.5. The Hall–Kier alpha value is -3.43. The van der Waals surface area contributed by atoms with Gasteiger partial charge in [-0.05, 0) is 23.8 Å². The normalized spacial score (nSPS) is 12.6. The number of amides is 1. The molecule has 0 spiro atoms. The fourth-order valence-corrected chi connectivity index (χ4v) is 2.03. The van der Waals surface area contributed by atoms with Crippen LogP contribution in [-0.2, 0) is 7.05 Å². The second-order valence-corrected chi connectivity index (χ2v) is 4.57. The summed E-state index contributed by atoms with van der Waals surface area (Å²) in [6, 6.07) is 5.15. The third kappa shape index (κ3) is 2.81. The third-order valence-corrected chi connectivity index (χ3v) is 3.11. The number of hydrogen-bond donors (Lipinski definition) is 1. The molecule has 1 aromatic heterocycles. The smallest absolute Gasteiger partial charge is 0.320 e. The van der Waals surface area contributed by atoms with E-state index in [0.29, 0.717) is 17.1 Å². The van der Waals surface area contributed by atoms with E-state index in [0.717, 1.165) is 10.9 Å². The van der Waals surface area contributed by atoms with Crippen molar-refractivity contribution in [2.75, 3.05) is 6.79 Å². The second-order valence-electron chi connectivity index (χ2n) is 4.57. The van der Waals surface area contributed by atoms with Crippen molar-refractivity contribution in [2.24, 2.45) is 12.1 Å². The highest BCUT2D eigenvalue weighted by Gasteiger charge is 2.25. The van der Waals surface area contributed by atoms with Crippen LogP contribution in [0, 0.1) is 10.1 Å². The summed E-state index contributed by atoms with van der Waals surface area (Å²) in [5, 5.41) is 18.3. The SMILES string of the molecule is Cn1ncc([N+](=O)[O-])c1C(=O)NN=Cc1ccc2c(c1)OCO2. The van der Waals surface area contributed by atoms with Crippen LogP contribution in [0.4, 0.5) is 5.69 Å². The van der Waals surface area contributed by atoms with Crippen LogP contribution in [0.25, 0.3) is 0 Å². The lowest BCUT2D eigenvalue weighted by molar-refractivity contribution is -0.385. The third-order valence-electron chi connectivity index (χ3n) is 3.11. The molecule has 0 saturated carbocycles. The van der Waals surface area contributed by atoms with E-state index < -0.39 is 10.8 Å². The number of fused-ring (bicyclic) bond motifs is 1. The molecule has 1 aliphatic heterocycles. The molecule has 0 aliphatic carbocycles. The monoisotopic (exact) mass is 317 g/mol. The summed E-state index contributed by atoms with van der Waals surface area (Å²) in [5.41, 5.74) is 2.34. The van der Waals surface area contributed by atoms with Gasteiger partial charge in [-0.1, -0.05) is 0 Å². The Morgan fingerprint density at radius 1 is 1.48 bits per heavy atom. The van der Waals surface area contributed by atoms with Gasteiger partial charge in [-0.25, -0.2) is 5.43 Å². The number of nitrogens with one attached hydrogen (secondary N) is 1. The standard InChI is InChI=1S/C13H11N5O5/c1-17-12(9(6-15-17)18(20)21)13(19)16-14-5-8-2-3-10-11(4-8)23-7-22-10/h2-6H,7H2,1H3,(H,16,19). The molecule has 1 aliphatic rings. The fourth-order valence-electron chi connectivity index (χ4n) is 2.03. The molecule has 1 aromatic carbocycles. The molecule has 0 atom stereocenters. The van der Waals surface area contributed by atoms with Crippen molar-refractivity contribution in [2.45, 2.75) is 0 Å². The van der Waals surface area contributed by atoms with E-state index in [1.807, 2.05) is 0 Å². The number of carbonyl (C=O) groups excluding carboxylic acids is 1. The summed E-state index contributed by atoms with van der Waals surface area (Å²) in [6.45, 7) is 0.164. The molecule has 0 saturated heterocycles. The van der Waals surface area contributed by atoms with Crippen molar-refractivity contribution >= 4 is 17.8 Å². The quantitative estimate of drug-likeness (QED) is 0.506. The molecule has 1 N–H and O–H groups in total. The van der Waals surface area contributed by atoms with Crippen LogP contribution in [-0.4, -0.2) is 33.6 Å². The topological polar surface area (TPSA) is 121 Å². The van der Waals surface area contributed by atoms with Crippen molar-refractivity contribution in [3.05, 3.63) is 45.8 Å². The van der Waals surface area contributed by atoms with Crippen LogP contribution in [0.15, 0.2) is 29.5 Å². The van der Waals surface area contributed by atoms with Gasteiger partial charge in [-0.2, -0.15) is 10.2 Å². The van der Waals surface area contributed by atoms with Gasteiger partial charge < -0.3 is 9.47 Å². The molecule has 2 heterocycles. The van der Waals surface area contributed by atoms with Gasteiger partial charge in [0.15, 0.2) is 11.5 Å². The zero-order valence-electron chi connectivity index (χ0n) is 11.9. The molecular formula is C13H11N5O5. The van der Waals surface area contributed by atoms with Crippen molar-refractivity contribution in [3.8, 4) is 11.5 Å². The first-order valence-corrected chi connectivity index (χ1v) is 6.45. The van der Waals surface area contributed by atoms with Crippen LogP contribution in [0.2, 0.25) is 0 Å². The molecule has 0 fully saturated rings. The summed E-state index contributed by atoms with van der Waals surface area (Å²) >= 11 is 0. The van der Waals surface area contributed by atoms with Crippen LogP contribution in [0.5, 0.6) is 11.5 Å². The Bertz CT molecular complexity index is 813. The van der Waals surface area contributed by atoms with Gasteiger partial charge in [0.2, 0.25) is 12.5 Å². The van der Waals surface area contributed by atoms with Gasteiger partial charge in [0.05, 0.1) is 11.1 Å². The summed E-state index contributed by atoms with van der Waals surface area (Å²) in [7, 11) is 1.43. The molecule has 2 aromatic rings. The number of ether oxygens (including phenoxy) is 2. The maximum absolute atomic E-state index is 12.0. The highest BCUT2D eigenvalue weighted by Crippen LogP contribution is 2.31. The zero-order chi connectivity index (χ0) is 16.4. The van der Waals surface area contributed by atoms with E-state index in [2.05, 4.69) is 15.6 Å². The van der Waals surface area contributed by atoms with E-state index in [-0.39, 0.29) is 18.2 Å². The zero-order valence-corrected chi connectivity index (χ0v) is 11.9. The molecule has 10 nitrogen and oxygen atoms in total. The number of hydrogen-bond acceptors (Lipinski definition) is 7. The largest absolute Gasteiger partial charge is 0.454 e. The van der Waals surface area contributed by atoms with Gasteiger partial charge >= 0.3 is 5.69 Å². The number of aromatic nitrogens is 2. The maximum atomic E-state index is 12.0. The molecule has 1 amide bonds. The van der Waals surface area contributed by atoms with Crippen LogP contribution in [0.1, 0.15) is 16.1 Å². The molecule has 0 bridgehead atoms. The molecule has 0 radical (unpaired) electrons. The van der Waals surface area contributed by atoms with Crippen LogP contribution >= 0.6 is 0 Å². The number of aryl methyl sites for hydroxylation is 1. The predicted molar refractivity (Wildman–Crippen MR) is 77.5 cm³/mol. The fraction of sp³-hybridized carbons (Fsp3) is 0.154. The van der Waals surface area contributed by atoms with E-state index >= 15 is 0 Å². The van der Waals surface area contributed by atoms with E-state index in [4.69, 9.17) is 9.47 Å². The first-order chi connectivity index (χ1) is 11.1. The number of carbonyl (C=O) groups is 1. The lowest BCUT2D eigenvalue weighted by Gasteiger charge is -2.00. The second kappa shape index (κ2) is 5.75. The molecule has 3 rings (SSSR count). The van der Waals surface area contributed by atoms with Gasteiger partial charge in [0.1, 0.15) is 6.20 Å². The molecular weight excluding hydrogens is 306 g/mol. The number of nitrogens with zero attached hydrogens (tertiary/aromatic N) is 4. The minimum absolute atomic E-state index is 0.164. The number of benzene rings is 1. The lowest BCUT2D eigenvalue weighted by atomic mass is 10.2. The average Bonchev–Trinajstić information content (AvgIpc) is 3.12. The highest BCUT2D eigenvalue weighted by atomic mass is 16.7. The Morgan fingerprint density at radius 3 is 3.04 bits per heavy atom. The minimum Gasteiger partial charge on any atom is -0.454 e. The van der Waals surface area contributed by atoms with Gasteiger partial charge in [0, 0.05) is 7.05 Å². The van der Waals surface area contributed by atoms with Crippen molar-refractivity contribution in [3.63, 3.8) is 0 Å². The first-order valence-electron chi connectivity index (χ1n) is 6.45. The Balaban J connectivity index is 1.72. The number of nitro groups is 1. The predicted octanol–water partition coefficient (Wildman–Crippen LogP) is 0.821. The van der Waals surface area contributed by atoms with Gasteiger partial charge in [-0.15, -0.1) is 0 Å². The van der Waals surface area contributed by atoms with Gasteiger partial charge in [0.25, 0.3) is 5.91 Å². The van der Waals surface area contributed by atoms with E-state index in [1.165, 1.54) is 13.3 Å². The average molecular weight is 317 g/mol. The molecule has 23 heavy (non-hydrogen) atoms. The summed E-state index contributed by atoms with van der Waals surface area (Å²) in [4.78, 5) is 22.2. The minimum atomic E-state index is -0.728. The Labute approximate surface area is 129 Å². The summed E-state index contributed by atoms with van der Waals surface area (Å²) in [5.74, 6) is 0.493. The Kier molecular flexibility index (Phi) is 3.63. The van der Waals surface area contributed by atoms with Crippen LogP contribution < -0.4 is 14.9 Å². The lowest BCUT2D eigenvalue weighted by Crippen LogP contribution is -2.22. The number of hydrazone groups is 1. The highest BCUT2D eigenvalue weighted by molar-refractivity contribution is 5.96. The first kappa shape index (κ1) is 14.5. The molecule has 0 unspecified atom stereocenters. The van der Waals surface area contributed by atoms with Crippen LogP contribution in [0.3, 0.4) is 0 Å². The molecule has 10 heteroatoms. The van der Waals surface area contributed by atoms with Crippen molar-refractivity contribution in [1.82, 2.24) is 15.2 Å². The van der Waals surface area contributed by atoms with E-state index in [9.17, 15) is 14.9 Å². The van der Waals surface area contributed by atoms with Crippen molar-refractivity contribution < 1.29 is 19.2 Å². The summed E-state index contributed by atoms with van der Waals surface area (Å²) in [6.07, 6.45) is 2.40. The maximum Gasteiger partial charge on any atom is 0.320 e. The van der Waals surface area contributed by atoms with Crippen molar-refractivity contribution in [1.29, 1.82) is 0 Å².